The zero-order chi connectivity index (χ0) is 10.2. The molecule has 0 aliphatic heterocycles. The van der Waals surface area contributed by atoms with Crippen molar-refractivity contribution in [1.29, 1.82) is 0 Å². The number of alkyl halides is 1. The van der Waals surface area contributed by atoms with Crippen molar-refractivity contribution in [3.05, 3.63) is 0 Å². The Balaban J connectivity index is 2.23. The average Bonchev–Trinajstić information content (AvgIpc) is 2.18. The smallest absolute Gasteiger partial charge is 0.0665 e. The lowest BCUT2D eigenvalue weighted by Crippen LogP contribution is -2.20. The molecule has 1 aliphatic carbocycles. The number of aliphatic hydroxyl groups is 1. The topological polar surface area (TPSA) is 20.2 Å². The molecule has 0 aromatic rings. The Morgan fingerprint density at radius 3 is 1.71 bits per heavy atom. The maximum Gasteiger partial charge on any atom is 0.0665 e. The van der Waals surface area contributed by atoms with E-state index >= 15 is 0 Å². The van der Waals surface area contributed by atoms with E-state index < -0.39 is 0 Å². The fourth-order valence-corrected chi connectivity index (χ4v) is 2.71. The summed E-state index contributed by atoms with van der Waals surface area (Å²) in [5.41, 5.74) is 0. The van der Waals surface area contributed by atoms with Crippen LogP contribution in [0.1, 0.15) is 64.2 Å². The van der Waals surface area contributed by atoms with Gasteiger partial charge in [-0.25, -0.2) is 0 Å². The SMILES string of the molecule is OC1CCCCCCCCCC[C@H]1Br. The number of halogens is 1. The molecule has 2 heteroatoms. The standard InChI is InChI=1S/C12H23BrO/c13-11-9-7-5-3-1-2-4-6-8-10-12(11)14/h11-12,14H,1-10H2/t11-,12?/m1/s1. The highest BCUT2D eigenvalue weighted by atomic mass is 79.9. The summed E-state index contributed by atoms with van der Waals surface area (Å²) in [5.74, 6) is 0. The number of aliphatic hydroxyl groups excluding tert-OH is 1. The van der Waals surface area contributed by atoms with Crippen molar-refractivity contribution >= 4 is 15.9 Å². The van der Waals surface area contributed by atoms with Crippen LogP contribution >= 0.6 is 15.9 Å². The van der Waals surface area contributed by atoms with Gasteiger partial charge in [0.2, 0.25) is 0 Å². The molecule has 1 nitrogen and oxygen atoms in total. The van der Waals surface area contributed by atoms with Gasteiger partial charge < -0.3 is 5.11 Å². The molecule has 1 rings (SSSR count). The summed E-state index contributed by atoms with van der Waals surface area (Å²) in [4.78, 5) is 0.335. The lowest BCUT2D eigenvalue weighted by atomic mass is 9.99. The maximum atomic E-state index is 9.81. The molecule has 0 heterocycles. The van der Waals surface area contributed by atoms with Crippen LogP contribution < -0.4 is 0 Å². The van der Waals surface area contributed by atoms with E-state index in [-0.39, 0.29) is 6.10 Å². The van der Waals surface area contributed by atoms with Crippen LogP contribution in [0.3, 0.4) is 0 Å². The largest absolute Gasteiger partial charge is 0.392 e. The van der Waals surface area contributed by atoms with Crippen LogP contribution in [0, 0.1) is 0 Å². The van der Waals surface area contributed by atoms with Gasteiger partial charge in [0.15, 0.2) is 0 Å². The van der Waals surface area contributed by atoms with Crippen LogP contribution in [0.25, 0.3) is 0 Å². The quantitative estimate of drug-likeness (QED) is 0.654. The molecule has 1 fully saturated rings. The van der Waals surface area contributed by atoms with E-state index in [1.807, 2.05) is 0 Å². The molecule has 14 heavy (non-hydrogen) atoms. The third kappa shape index (κ3) is 5.35. The first kappa shape index (κ1) is 12.5. The highest BCUT2D eigenvalue weighted by Crippen LogP contribution is 2.21. The molecule has 1 saturated carbocycles. The number of rotatable bonds is 0. The average molecular weight is 263 g/mol. The van der Waals surface area contributed by atoms with Crippen LogP contribution in [-0.4, -0.2) is 16.0 Å². The van der Waals surface area contributed by atoms with Crippen LogP contribution in [0.5, 0.6) is 0 Å². The van der Waals surface area contributed by atoms with Gasteiger partial charge in [0.1, 0.15) is 0 Å². The minimum Gasteiger partial charge on any atom is -0.392 e. The van der Waals surface area contributed by atoms with Gasteiger partial charge in [0, 0.05) is 4.83 Å². The lowest BCUT2D eigenvalue weighted by molar-refractivity contribution is 0.154. The Hall–Kier alpha value is 0.440. The maximum absolute atomic E-state index is 9.81. The predicted molar refractivity (Wildman–Crippen MR) is 64.9 cm³/mol. The second kappa shape index (κ2) is 7.70. The van der Waals surface area contributed by atoms with Crippen molar-refractivity contribution in [2.45, 2.75) is 75.1 Å². The normalized spacial score (nSPS) is 33.0. The minimum absolute atomic E-state index is 0.116. The van der Waals surface area contributed by atoms with E-state index in [2.05, 4.69) is 15.9 Å². The summed E-state index contributed by atoms with van der Waals surface area (Å²) < 4.78 is 0. The van der Waals surface area contributed by atoms with Crippen LogP contribution in [0.15, 0.2) is 0 Å². The fraction of sp³-hybridized carbons (Fsp3) is 1.00. The summed E-state index contributed by atoms with van der Waals surface area (Å²) in [6, 6.07) is 0. The van der Waals surface area contributed by atoms with Crippen molar-refractivity contribution in [2.24, 2.45) is 0 Å². The van der Waals surface area contributed by atoms with Crippen LogP contribution in [0.2, 0.25) is 0 Å². The molecule has 2 atom stereocenters. The molecular formula is C12H23BrO. The molecule has 84 valence electrons. The lowest BCUT2D eigenvalue weighted by Gasteiger charge is -2.17. The molecule has 0 radical (unpaired) electrons. The van der Waals surface area contributed by atoms with Crippen molar-refractivity contribution in [3.8, 4) is 0 Å². The van der Waals surface area contributed by atoms with Gasteiger partial charge in [0.25, 0.3) is 0 Å². The van der Waals surface area contributed by atoms with Gasteiger partial charge in [-0.1, -0.05) is 67.3 Å². The van der Waals surface area contributed by atoms with Crippen molar-refractivity contribution in [2.75, 3.05) is 0 Å². The first-order valence-corrected chi connectivity index (χ1v) is 7.04. The van der Waals surface area contributed by atoms with Gasteiger partial charge in [-0.3, -0.25) is 0 Å². The molecule has 1 aliphatic rings. The van der Waals surface area contributed by atoms with E-state index in [0.29, 0.717) is 4.83 Å². The van der Waals surface area contributed by atoms with E-state index in [1.165, 1.54) is 51.4 Å². The van der Waals surface area contributed by atoms with E-state index in [1.54, 1.807) is 0 Å². The predicted octanol–water partition coefficient (Wildman–Crippen LogP) is 4.03. The highest BCUT2D eigenvalue weighted by molar-refractivity contribution is 9.09. The molecule has 1 unspecified atom stereocenters. The molecule has 0 aromatic carbocycles. The second-order valence-corrected chi connectivity index (χ2v) is 5.67. The Bertz CT molecular complexity index is 122. The van der Waals surface area contributed by atoms with Crippen molar-refractivity contribution < 1.29 is 5.11 Å². The Labute approximate surface area is 96.4 Å². The Kier molecular flexibility index (Phi) is 6.88. The second-order valence-electron chi connectivity index (χ2n) is 4.49. The van der Waals surface area contributed by atoms with Crippen molar-refractivity contribution in [1.82, 2.24) is 0 Å². The molecule has 0 amide bonds. The minimum atomic E-state index is -0.116. The molecule has 0 saturated heterocycles. The fourth-order valence-electron chi connectivity index (χ4n) is 2.13. The summed E-state index contributed by atoms with van der Waals surface area (Å²) in [6.45, 7) is 0. The third-order valence-corrected chi connectivity index (χ3v) is 4.22. The van der Waals surface area contributed by atoms with Gasteiger partial charge in [-0.05, 0) is 12.8 Å². The van der Waals surface area contributed by atoms with Crippen LogP contribution in [-0.2, 0) is 0 Å². The summed E-state index contributed by atoms with van der Waals surface area (Å²) in [7, 11) is 0. The van der Waals surface area contributed by atoms with E-state index in [0.717, 1.165) is 12.8 Å². The van der Waals surface area contributed by atoms with E-state index in [9.17, 15) is 5.11 Å². The van der Waals surface area contributed by atoms with Crippen LogP contribution in [0.4, 0.5) is 0 Å². The molecular weight excluding hydrogens is 240 g/mol. The first-order valence-electron chi connectivity index (χ1n) is 6.13. The Morgan fingerprint density at radius 2 is 1.14 bits per heavy atom. The van der Waals surface area contributed by atoms with Gasteiger partial charge in [-0.2, -0.15) is 0 Å². The number of hydrogen-bond donors (Lipinski definition) is 1. The summed E-state index contributed by atoms with van der Waals surface area (Å²) in [6.07, 6.45) is 12.7. The number of hydrogen-bond acceptors (Lipinski definition) is 1. The van der Waals surface area contributed by atoms with Gasteiger partial charge in [-0.15, -0.1) is 0 Å². The summed E-state index contributed by atoms with van der Waals surface area (Å²) >= 11 is 3.59. The third-order valence-electron chi connectivity index (χ3n) is 3.15. The highest BCUT2D eigenvalue weighted by Gasteiger charge is 2.15. The monoisotopic (exact) mass is 262 g/mol. The zero-order valence-corrected chi connectivity index (χ0v) is 10.6. The first-order chi connectivity index (χ1) is 6.80. The van der Waals surface area contributed by atoms with Crippen molar-refractivity contribution in [3.63, 3.8) is 0 Å². The Morgan fingerprint density at radius 1 is 0.714 bits per heavy atom. The van der Waals surface area contributed by atoms with E-state index in [4.69, 9.17) is 0 Å². The van der Waals surface area contributed by atoms with Gasteiger partial charge >= 0.3 is 0 Å². The summed E-state index contributed by atoms with van der Waals surface area (Å²) in [5, 5.41) is 9.81. The molecule has 0 aromatic heterocycles. The molecule has 0 spiro atoms. The molecule has 1 N–H and O–H groups in total. The molecule has 0 bridgehead atoms. The van der Waals surface area contributed by atoms with Gasteiger partial charge in [0.05, 0.1) is 6.10 Å². The zero-order valence-electron chi connectivity index (χ0n) is 9.05.